The van der Waals surface area contributed by atoms with Gasteiger partial charge in [0.05, 0.1) is 11.4 Å². The summed E-state index contributed by atoms with van der Waals surface area (Å²) in [5.41, 5.74) is 7.75. The van der Waals surface area contributed by atoms with E-state index in [1.165, 1.54) is 40.0 Å². The molecular weight excluding hydrogens is 768 g/mol. The number of alkyl halides is 3. The van der Waals surface area contributed by atoms with Crippen molar-refractivity contribution < 1.29 is 41.8 Å². The van der Waals surface area contributed by atoms with Crippen LogP contribution in [0.3, 0.4) is 0 Å². The number of nitrogen functional groups attached to an aromatic ring is 1. The highest BCUT2D eigenvalue weighted by Gasteiger charge is 2.51. The summed E-state index contributed by atoms with van der Waals surface area (Å²) in [5.74, 6) is -1.21. The first kappa shape index (κ1) is 40.7. The highest BCUT2D eigenvalue weighted by atomic mass is 19.4. The molecule has 1 spiro atoms. The van der Waals surface area contributed by atoms with Crippen molar-refractivity contribution in [2.45, 2.75) is 71.1 Å². The fourth-order valence-corrected chi connectivity index (χ4v) is 7.63. The summed E-state index contributed by atoms with van der Waals surface area (Å²) in [6.07, 6.45) is -5.02. The number of ether oxygens (including phenoxy) is 3. The van der Waals surface area contributed by atoms with Crippen LogP contribution in [-0.2, 0) is 27.5 Å². The Morgan fingerprint density at radius 2 is 1.56 bits per heavy atom. The Kier molecular flexibility index (Phi) is 11.9. The van der Waals surface area contributed by atoms with Crippen LogP contribution in [0.5, 0.6) is 5.88 Å². The third kappa shape index (κ3) is 9.48. The lowest BCUT2D eigenvalue weighted by Gasteiger charge is -2.39. The Morgan fingerprint density at radius 3 is 2.17 bits per heavy atom. The van der Waals surface area contributed by atoms with Gasteiger partial charge in [-0.3, -0.25) is 9.69 Å². The molecule has 2 aliphatic heterocycles. The molecule has 4 heterocycles. The van der Waals surface area contributed by atoms with Crippen LogP contribution in [0, 0.1) is 12.3 Å². The number of anilines is 2. The summed E-state index contributed by atoms with van der Waals surface area (Å²) in [6.45, 7) is 4.46. The van der Waals surface area contributed by atoms with Crippen molar-refractivity contribution in [3.8, 4) is 11.6 Å². The summed E-state index contributed by atoms with van der Waals surface area (Å²) in [7, 11) is 0. The number of piperidine rings is 1. The van der Waals surface area contributed by atoms with E-state index in [4.69, 9.17) is 19.9 Å². The van der Waals surface area contributed by atoms with E-state index in [0.29, 0.717) is 38.0 Å². The predicted octanol–water partition coefficient (Wildman–Crippen LogP) is 7.57. The number of amides is 1. The number of nitrogens with zero attached hydrogens (tertiary/aromatic N) is 6. The molecule has 0 aliphatic carbocycles. The Labute approximate surface area is 338 Å². The molecule has 0 saturated carbocycles. The molecule has 2 saturated heterocycles. The second-order valence-electron chi connectivity index (χ2n) is 14.9. The number of aromatic nitrogens is 4. The number of ketones is 1. The van der Waals surface area contributed by atoms with E-state index in [2.05, 4.69) is 15.1 Å². The highest BCUT2D eigenvalue weighted by Crippen LogP contribution is 2.45. The number of hydrogen-bond acceptors (Lipinski definition) is 11. The molecular formula is C43H44F3N7O6. The van der Waals surface area contributed by atoms with E-state index in [0.717, 1.165) is 11.1 Å². The fraction of sp³-hybridized carbons (Fsp3) is 0.349. The van der Waals surface area contributed by atoms with Crippen molar-refractivity contribution in [1.82, 2.24) is 24.6 Å². The molecule has 0 bridgehead atoms. The standard InChI is InChI=1S/C43H44F3N7O6/c1-3-35(54)31-14-15-32(33(22-31)53-19-16-28(2)50-53)38(43(44,45)46)59-37-23-36(48-40(47)49-37)51-20-17-42(18-21-51)24-34(39(55)57-25-29-10-6-4-7-11-29)52(27-42)41(56)58-26-30-12-8-5-9-13-30/h4-16,19,22-23,34,38H,3,17-18,20-21,24-27H2,1-2H3,(H2,47,48,49)/t34-,38+/m0/s1. The Bertz CT molecular complexity index is 2220. The highest BCUT2D eigenvalue weighted by molar-refractivity contribution is 5.96. The summed E-state index contributed by atoms with van der Waals surface area (Å²) >= 11 is 0. The number of rotatable bonds is 12. The third-order valence-corrected chi connectivity index (χ3v) is 10.8. The lowest BCUT2D eigenvalue weighted by molar-refractivity contribution is -0.198. The predicted molar refractivity (Wildman–Crippen MR) is 211 cm³/mol. The summed E-state index contributed by atoms with van der Waals surface area (Å²) in [4.78, 5) is 51.4. The van der Waals surface area contributed by atoms with Crippen LogP contribution in [-0.4, -0.2) is 74.3 Å². The quantitative estimate of drug-likeness (QED) is 0.0980. The maximum atomic E-state index is 14.9. The number of carbonyl (C=O) groups excluding carboxylic acids is 3. The largest absolute Gasteiger partial charge is 0.459 e. The van der Waals surface area contributed by atoms with Crippen LogP contribution in [0.1, 0.15) is 71.5 Å². The molecule has 2 aliphatic rings. The molecule has 59 heavy (non-hydrogen) atoms. The van der Waals surface area contributed by atoms with Gasteiger partial charge in [0.25, 0.3) is 0 Å². The minimum atomic E-state index is -4.92. The van der Waals surface area contributed by atoms with Gasteiger partial charge in [0.2, 0.25) is 17.9 Å². The zero-order chi connectivity index (χ0) is 41.7. The van der Waals surface area contributed by atoms with Gasteiger partial charge < -0.3 is 24.8 Å². The molecule has 0 unspecified atom stereocenters. The second-order valence-corrected chi connectivity index (χ2v) is 14.9. The van der Waals surface area contributed by atoms with Gasteiger partial charge in [0, 0.05) is 49.4 Å². The molecule has 2 fully saturated rings. The molecule has 308 valence electrons. The average Bonchev–Trinajstić information content (AvgIpc) is 3.84. The topological polar surface area (TPSA) is 155 Å². The molecule has 3 aromatic carbocycles. The molecule has 7 rings (SSSR count). The van der Waals surface area contributed by atoms with Crippen molar-refractivity contribution in [3.63, 3.8) is 0 Å². The number of halogens is 3. The van der Waals surface area contributed by atoms with E-state index in [9.17, 15) is 27.6 Å². The smallest absolute Gasteiger partial charge is 0.429 e. The van der Waals surface area contributed by atoms with Gasteiger partial charge in [-0.15, -0.1) is 0 Å². The third-order valence-electron chi connectivity index (χ3n) is 10.8. The molecule has 16 heteroatoms. The normalized spacial score (nSPS) is 16.8. The van der Waals surface area contributed by atoms with Crippen LogP contribution in [0.4, 0.5) is 29.7 Å². The number of nitrogens with two attached hydrogens (primary N) is 1. The van der Waals surface area contributed by atoms with Crippen LogP contribution in [0.2, 0.25) is 0 Å². The number of Topliss-reactive ketones (excluding diaryl/α,β-unsaturated/α-hetero) is 1. The SMILES string of the molecule is CCC(=O)c1ccc([C@@H](Oc2cc(N3CCC4(CC3)C[C@@H](C(=O)OCc3ccccc3)N(C(=O)OCc3ccccc3)C4)nc(N)n2)C(F)(F)F)c(-n2ccc(C)n2)c1. The van der Waals surface area contributed by atoms with Crippen molar-refractivity contribution in [2.24, 2.45) is 5.41 Å². The van der Waals surface area contributed by atoms with Crippen molar-refractivity contribution >= 4 is 29.6 Å². The van der Waals surface area contributed by atoms with Crippen molar-refractivity contribution in [1.29, 1.82) is 0 Å². The monoisotopic (exact) mass is 811 g/mol. The van der Waals surface area contributed by atoms with Crippen LogP contribution in [0.15, 0.2) is 97.2 Å². The van der Waals surface area contributed by atoms with E-state index in [-0.39, 0.29) is 60.5 Å². The number of hydrogen-bond donors (Lipinski definition) is 1. The zero-order valence-corrected chi connectivity index (χ0v) is 32.6. The van der Waals surface area contributed by atoms with Gasteiger partial charge in [-0.2, -0.15) is 28.2 Å². The first-order chi connectivity index (χ1) is 28.3. The number of benzene rings is 3. The van der Waals surface area contributed by atoms with Gasteiger partial charge in [-0.1, -0.05) is 79.7 Å². The average molecular weight is 812 g/mol. The lowest BCUT2D eigenvalue weighted by atomic mass is 9.76. The molecule has 2 aromatic heterocycles. The molecule has 2 atom stereocenters. The summed E-state index contributed by atoms with van der Waals surface area (Å²) in [6, 6.07) is 24.5. The van der Waals surface area contributed by atoms with Gasteiger partial charge >= 0.3 is 18.2 Å². The van der Waals surface area contributed by atoms with Gasteiger partial charge in [0.15, 0.2) is 5.78 Å². The number of likely N-dealkylation sites (tertiary alicyclic amines) is 1. The van der Waals surface area contributed by atoms with E-state index in [1.54, 1.807) is 19.9 Å². The number of carbonyl (C=O) groups is 3. The molecule has 5 aromatic rings. The Morgan fingerprint density at radius 1 is 0.898 bits per heavy atom. The van der Waals surface area contributed by atoms with Crippen LogP contribution in [0.25, 0.3) is 5.69 Å². The molecule has 0 radical (unpaired) electrons. The fourth-order valence-electron chi connectivity index (χ4n) is 7.63. The number of aryl methyl sites for hydroxylation is 1. The minimum Gasteiger partial charge on any atom is -0.459 e. The van der Waals surface area contributed by atoms with E-state index in [1.807, 2.05) is 65.6 Å². The summed E-state index contributed by atoms with van der Waals surface area (Å²) in [5, 5.41) is 4.31. The minimum absolute atomic E-state index is 0.0279. The van der Waals surface area contributed by atoms with Crippen LogP contribution >= 0.6 is 0 Å². The van der Waals surface area contributed by atoms with Gasteiger partial charge in [-0.05, 0) is 54.9 Å². The summed E-state index contributed by atoms with van der Waals surface area (Å²) < 4.78 is 63.0. The van der Waals surface area contributed by atoms with Gasteiger partial charge in [-0.25, -0.2) is 14.3 Å². The maximum Gasteiger partial charge on any atom is 0.429 e. The van der Waals surface area contributed by atoms with Crippen molar-refractivity contribution in [3.05, 3.63) is 125 Å². The van der Waals surface area contributed by atoms with E-state index >= 15 is 0 Å². The molecule has 13 nitrogen and oxygen atoms in total. The Hall–Kier alpha value is -6.45. The zero-order valence-electron chi connectivity index (χ0n) is 32.6. The molecule has 2 N–H and O–H groups in total. The molecule has 1 amide bonds. The number of esters is 1. The van der Waals surface area contributed by atoms with Gasteiger partial charge in [0.1, 0.15) is 25.1 Å². The second kappa shape index (κ2) is 17.2. The first-order valence-corrected chi connectivity index (χ1v) is 19.3. The van der Waals surface area contributed by atoms with E-state index < -0.39 is 41.7 Å². The van der Waals surface area contributed by atoms with Crippen LogP contribution < -0.4 is 15.4 Å². The lowest BCUT2D eigenvalue weighted by Crippen LogP contribution is -2.43. The first-order valence-electron chi connectivity index (χ1n) is 19.3. The maximum absolute atomic E-state index is 14.9. The Balaban J connectivity index is 1.09. The van der Waals surface area contributed by atoms with Crippen molar-refractivity contribution in [2.75, 3.05) is 30.3 Å².